The second-order valence-corrected chi connectivity index (χ2v) is 5.54. The minimum Gasteiger partial charge on any atom is -0.393 e. The quantitative estimate of drug-likeness (QED) is 0.798. The third-order valence-electron chi connectivity index (χ3n) is 4.17. The molecule has 2 N–H and O–H groups in total. The maximum Gasteiger partial charge on any atom is 0.0857 e. The van der Waals surface area contributed by atoms with Gasteiger partial charge in [0.25, 0.3) is 0 Å². The molecule has 2 heterocycles. The van der Waals surface area contributed by atoms with Gasteiger partial charge in [-0.05, 0) is 31.5 Å². The van der Waals surface area contributed by atoms with Gasteiger partial charge in [0.1, 0.15) is 0 Å². The van der Waals surface area contributed by atoms with Crippen molar-refractivity contribution >= 4 is 0 Å². The van der Waals surface area contributed by atoms with Crippen LogP contribution in [0.5, 0.6) is 0 Å². The van der Waals surface area contributed by atoms with Crippen LogP contribution in [0.4, 0.5) is 0 Å². The maximum atomic E-state index is 10.2. The summed E-state index contributed by atoms with van der Waals surface area (Å²) in [5.41, 5.74) is 1.08. The van der Waals surface area contributed by atoms with Crippen molar-refractivity contribution in [3.05, 3.63) is 35.9 Å². The van der Waals surface area contributed by atoms with Gasteiger partial charge in [-0.2, -0.15) is 0 Å². The highest BCUT2D eigenvalue weighted by molar-refractivity contribution is 5.19. The molecule has 2 aliphatic heterocycles. The van der Waals surface area contributed by atoms with Crippen molar-refractivity contribution in [3.63, 3.8) is 0 Å². The van der Waals surface area contributed by atoms with E-state index in [9.17, 15) is 5.11 Å². The Morgan fingerprint density at radius 2 is 1.89 bits per heavy atom. The lowest BCUT2D eigenvalue weighted by Gasteiger charge is -2.46. The first kappa shape index (κ1) is 12.2. The molecule has 0 unspecified atom stereocenters. The van der Waals surface area contributed by atoms with Crippen LogP contribution < -0.4 is 5.32 Å². The summed E-state index contributed by atoms with van der Waals surface area (Å²) < 4.78 is 6.37. The van der Waals surface area contributed by atoms with Gasteiger partial charge >= 0.3 is 0 Å². The third-order valence-corrected chi connectivity index (χ3v) is 4.17. The summed E-state index contributed by atoms with van der Waals surface area (Å²) >= 11 is 0. The molecule has 1 spiro atoms. The van der Waals surface area contributed by atoms with Crippen molar-refractivity contribution in [2.45, 2.75) is 43.5 Å². The van der Waals surface area contributed by atoms with Gasteiger partial charge in [0.05, 0.1) is 17.8 Å². The lowest BCUT2D eigenvalue weighted by atomic mass is 9.81. The fourth-order valence-corrected chi connectivity index (χ4v) is 3.23. The lowest BCUT2D eigenvalue weighted by molar-refractivity contribution is -0.175. The number of hydrogen-bond donors (Lipinski definition) is 2. The van der Waals surface area contributed by atoms with E-state index in [4.69, 9.17) is 4.74 Å². The van der Waals surface area contributed by atoms with Gasteiger partial charge in [0.15, 0.2) is 0 Å². The molecule has 0 radical (unpaired) electrons. The normalized spacial score (nSPS) is 31.4. The molecule has 2 fully saturated rings. The molecule has 0 saturated carbocycles. The van der Waals surface area contributed by atoms with Gasteiger partial charge in [-0.15, -0.1) is 0 Å². The van der Waals surface area contributed by atoms with Crippen LogP contribution in [0.2, 0.25) is 0 Å². The summed E-state index contributed by atoms with van der Waals surface area (Å²) in [6, 6.07) is 10.3. The molecular weight excluding hydrogens is 226 g/mol. The van der Waals surface area contributed by atoms with Gasteiger partial charge in [-0.1, -0.05) is 30.3 Å². The average Bonchev–Trinajstić information content (AvgIpc) is 2.40. The summed E-state index contributed by atoms with van der Waals surface area (Å²) in [5.74, 6) is 0. The Morgan fingerprint density at radius 3 is 2.61 bits per heavy atom. The molecule has 2 aliphatic rings. The predicted molar refractivity (Wildman–Crippen MR) is 70.3 cm³/mol. The maximum absolute atomic E-state index is 10.2. The van der Waals surface area contributed by atoms with Gasteiger partial charge in [-0.3, -0.25) is 0 Å². The first-order valence-electron chi connectivity index (χ1n) is 6.89. The number of aliphatic hydroxyl groups excluding tert-OH is 1. The van der Waals surface area contributed by atoms with Crippen LogP contribution in [0.1, 0.15) is 37.4 Å². The molecule has 2 saturated heterocycles. The Bertz CT molecular complexity index is 387. The number of rotatable bonds is 1. The van der Waals surface area contributed by atoms with Gasteiger partial charge in [0, 0.05) is 12.8 Å². The topological polar surface area (TPSA) is 41.5 Å². The summed E-state index contributed by atoms with van der Waals surface area (Å²) in [5, 5.41) is 13.5. The Kier molecular flexibility index (Phi) is 3.37. The molecule has 0 bridgehead atoms. The Hall–Kier alpha value is -0.900. The van der Waals surface area contributed by atoms with E-state index in [2.05, 4.69) is 17.4 Å². The van der Waals surface area contributed by atoms with Crippen molar-refractivity contribution in [1.82, 2.24) is 5.32 Å². The van der Waals surface area contributed by atoms with Crippen LogP contribution in [0.25, 0.3) is 0 Å². The first-order chi connectivity index (χ1) is 8.77. The van der Waals surface area contributed by atoms with Crippen LogP contribution in [0, 0.1) is 0 Å². The molecule has 1 aromatic rings. The van der Waals surface area contributed by atoms with E-state index in [1.807, 2.05) is 18.2 Å². The monoisotopic (exact) mass is 247 g/mol. The second-order valence-electron chi connectivity index (χ2n) is 5.54. The molecule has 1 aromatic carbocycles. The predicted octanol–water partition coefficient (Wildman–Crippen LogP) is 2.02. The van der Waals surface area contributed by atoms with E-state index in [-0.39, 0.29) is 17.8 Å². The smallest absolute Gasteiger partial charge is 0.0857 e. The largest absolute Gasteiger partial charge is 0.393 e. The van der Waals surface area contributed by atoms with Crippen LogP contribution >= 0.6 is 0 Å². The van der Waals surface area contributed by atoms with Crippen LogP contribution in [-0.2, 0) is 4.74 Å². The Labute approximate surface area is 108 Å². The van der Waals surface area contributed by atoms with Crippen LogP contribution in [0.3, 0.4) is 0 Å². The van der Waals surface area contributed by atoms with E-state index in [0.29, 0.717) is 0 Å². The lowest BCUT2D eigenvalue weighted by Crippen LogP contribution is -2.49. The van der Waals surface area contributed by atoms with Gasteiger partial charge in [-0.25, -0.2) is 0 Å². The van der Waals surface area contributed by atoms with E-state index < -0.39 is 0 Å². The summed E-state index contributed by atoms with van der Waals surface area (Å²) in [7, 11) is 0. The van der Waals surface area contributed by atoms with Crippen LogP contribution in [-0.4, -0.2) is 29.9 Å². The first-order valence-corrected chi connectivity index (χ1v) is 6.89. The van der Waals surface area contributed by atoms with Crippen LogP contribution in [0.15, 0.2) is 30.3 Å². The minimum absolute atomic E-state index is 0.0491. The van der Waals surface area contributed by atoms with E-state index in [0.717, 1.165) is 38.8 Å². The number of hydrogen-bond acceptors (Lipinski definition) is 3. The third kappa shape index (κ3) is 2.44. The summed E-state index contributed by atoms with van der Waals surface area (Å²) in [4.78, 5) is 0. The van der Waals surface area contributed by atoms with Crippen molar-refractivity contribution < 1.29 is 9.84 Å². The number of benzene rings is 1. The van der Waals surface area contributed by atoms with E-state index >= 15 is 0 Å². The molecule has 2 atom stereocenters. The molecule has 18 heavy (non-hydrogen) atoms. The second kappa shape index (κ2) is 5.00. The number of aliphatic hydroxyl groups is 1. The molecule has 3 rings (SSSR count). The molecule has 3 heteroatoms. The zero-order valence-electron chi connectivity index (χ0n) is 10.6. The van der Waals surface area contributed by atoms with Gasteiger partial charge < -0.3 is 15.2 Å². The summed E-state index contributed by atoms with van der Waals surface area (Å²) in [6.45, 7) is 1.99. The van der Waals surface area contributed by atoms with E-state index in [1.165, 1.54) is 5.56 Å². The zero-order chi connectivity index (χ0) is 12.4. The number of nitrogens with one attached hydrogen (secondary N) is 1. The molecule has 3 nitrogen and oxygen atoms in total. The fourth-order valence-electron chi connectivity index (χ4n) is 3.23. The highest BCUT2D eigenvalue weighted by Gasteiger charge is 2.42. The summed E-state index contributed by atoms with van der Waals surface area (Å²) in [6.07, 6.45) is 3.34. The standard InChI is InChI=1S/C15H21NO2/c17-13-10-14(12-4-2-1-3-5-12)18-15(11-13)6-8-16-9-7-15/h1-5,13-14,16-17H,6-11H2/t13-,14-/m1/s1. The number of piperidine rings is 1. The molecule has 0 aliphatic carbocycles. The Balaban J connectivity index is 1.80. The van der Waals surface area contributed by atoms with Crippen molar-refractivity contribution in [1.29, 1.82) is 0 Å². The highest BCUT2D eigenvalue weighted by Crippen LogP contribution is 2.41. The molecule has 0 aromatic heterocycles. The van der Waals surface area contributed by atoms with Crippen molar-refractivity contribution in [2.24, 2.45) is 0 Å². The average molecular weight is 247 g/mol. The minimum atomic E-state index is -0.234. The Morgan fingerprint density at radius 1 is 1.17 bits per heavy atom. The van der Waals surface area contributed by atoms with Crippen molar-refractivity contribution in [2.75, 3.05) is 13.1 Å². The zero-order valence-corrected chi connectivity index (χ0v) is 10.6. The SMILES string of the molecule is O[C@@H]1C[C@H](c2ccccc2)OC2(CCNCC2)C1. The fraction of sp³-hybridized carbons (Fsp3) is 0.600. The van der Waals surface area contributed by atoms with Crippen molar-refractivity contribution in [3.8, 4) is 0 Å². The highest BCUT2D eigenvalue weighted by atomic mass is 16.5. The van der Waals surface area contributed by atoms with E-state index in [1.54, 1.807) is 0 Å². The molecule has 0 amide bonds. The molecular formula is C15H21NO2. The molecule has 98 valence electrons. The van der Waals surface area contributed by atoms with Gasteiger partial charge in [0.2, 0.25) is 0 Å². The number of ether oxygens (including phenoxy) is 1.